The Balaban J connectivity index is 1.79. The molecule has 1 heterocycles. The van der Waals surface area contributed by atoms with Crippen molar-refractivity contribution >= 4 is 17.2 Å². The number of likely N-dealkylation sites (tertiary alicyclic amines) is 1. The molecule has 3 nitrogen and oxygen atoms in total. The first-order chi connectivity index (χ1) is 10.1. The molecular weight excluding hydrogens is 280 g/mol. The molecule has 1 aliphatic heterocycles. The van der Waals surface area contributed by atoms with E-state index in [-0.39, 0.29) is 0 Å². The topological polar surface area (TPSA) is 38.5 Å². The second-order valence-electron chi connectivity index (χ2n) is 6.05. The molecule has 1 atom stereocenters. The quantitative estimate of drug-likeness (QED) is 0.620. The Labute approximate surface area is 133 Å². The monoisotopic (exact) mass is 306 g/mol. The van der Waals surface area contributed by atoms with Gasteiger partial charge in [0.25, 0.3) is 0 Å². The predicted molar refractivity (Wildman–Crippen MR) is 91.9 cm³/mol. The Morgan fingerprint density at radius 2 is 2.19 bits per heavy atom. The van der Waals surface area contributed by atoms with Crippen molar-refractivity contribution in [1.82, 2.24) is 4.90 Å². The first-order valence-electron chi connectivity index (χ1n) is 7.85. The van der Waals surface area contributed by atoms with Gasteiger partial charge in [0.15, 0.2) is 0 Å². The maximum Gasteiger partial charge on any atom is 0.129 e. The number of nitrogens with zero attached hydrogens (tertiary/aromatic N) is 1. The molecule has 0 spiro atoms. The molecule has 1 fully saturated rings. The zero-order valence-electron chi connectivity index (χ0n) is 13.0. The Morgan fingerprint density at radius 3 is 2.90 bits per heavy atom. The minimum atomic E-state index is 0.394. The van der Waals surface area contributed by atoms with E-state index in [1.165, 1.54) is 19.4 Å². The van der Waals surface area contributed by atoms with Crippen molar-refractivity contribution in [3.63, 3.8) is 0 Å². The van der Waals surface area contributed by atoms with Crippen LogP contribution in [0.1, 0.15) is 38.7 Å². The highest BCUT2D eigenvalue weighted by Crippen LogP contribution is 2.24. The molecule has 0 aromatic heterocycles. The lowest BCUT2D eigenvalue weighted by molar-refractivity contribution is 0.188. The van der Waals surface area contributed by atoms with Crippen molar-refractivity contribution < 1.29 is 4.74 Å². The SMILES string of the molecule is CC(C)C1CCCN1CCCOc1ccccc1C(N)=S. The number of hydrogen-bond acceptors (Lipinski definition) is 3. The molecule has 0 amide bonds. The van der Waals surface area contributed by atoms with Gasteiger partial charge in [-0.3, -0.25) is 0 Å². The van der Waals surface area contributed by atoms with Crippen molar-refractivity contribution in [1.29, 1.82) is 0 Å². The van der Waals surface area contributed by atoms with Crippen LogP contribution in [-0.2, 0) is 0 Å². The molecule has 1 aliphatic rings. The van der Waals surface area contributed by atoms with Gasteiger partial charge < -0.3 is 15.4 Å². The van der Waals surface area contributed by atoms with Crippen LogP contribution in [0.15, 0.2) is 24.3 Å². The van der Waals surface area contributed by atoms with E-state index in [1.54, 1.807) is 0 Å². The molecule has 21 heavy (non-hydrogen) atoms. The molecule has 1 saturated heterocycles. The summed E-state index contributed by atoms with van der Waals surface area (Å²) >= 11 is 5.05. The third-order valence-corrected chi connectivity index (χ3v) is 4.40. The van der Waals surface area contributed by atoms with Crippen LogP contribution < -0.4 is 10.5 Å². The summed E-state index contributed by atoms with van der Waals surface area (Å²) < 4.78 is 5.86. The molecule has 4 heteroatoms. The van der Waals surface area contributed by atoms with Gasteiger partial charge in [0, 0.05) is 12.6 Å². The molecule has 1 unspecified atom stereocenters. The van der Waals surface area contributed by atoms with Gasteiger partial charge in [-0.15, -0.1) is 0 Å². The van der Waals surface area contributed by atoms with Crippen LogP contribution in [0, 0.1) is 5.92 Å². The van der Waals surface area contributed by atoms with Gasteiger partial charge in [-0.2, -0.15) is 0 Å². The largest absolute Gasteiger partial charge is 0.493 e. The maximum absolute atomic E-state index is 5.86. The summed E-state index contributed by atoms with van der Waals surface area (Å²) in [6.07, 6.45) is 3.70. The number of ether oxygens (including phenoxy) is 1. The molecule has 1 aromatic rings. The lowest BCUT2D eigenvalue weighted by Crippen LogP contribution is -2.34. The predicted octanol–water partition coefficient (Wildman–Crippen LogP) is 3.21. The van der Waals surface area contributed by atoms with Gasteiger partial charge in [0.05, 0.1) is 12.2 Å². The number of rotatable bonds is 7. The number of benzene rings is 1. The van der Waals surface area contributed by atoms with Crippen LogP contribution in [0.25, 0.3) is 0 Å². The van der Waals surface area contributed by atoms with E-state index < -0.39 is 0 Å². The maximum atomic E-state index is 5.86. The smallest absolute Gasteiger partial charge is 0.129 e. The zero-order chi connectivity index (χ0) is 15.2. The Hall–Kier alpha value is -1.13. The summed E-state index contributed by atoms with van der Waals surface area (Å²) in [5.74, 6) is 1.54. The van der Waals surface area contributed by atoms with Crippen molar-refractivity contribution in [2.24, 2.45) is 11.7 Å². The van der Waals surface area contributed by atoms with Gasteiger partial charge in [0.2, 0.25) is 0 Å². The fourth-order valence-electron chi connectivity index (χ4n) is 3.13. The molecule has 0 bridgehead atoms. The van der Waals surface area contributed by atoms with Crippen LogP contribution in [0.5, 0.6) is 5.75 Å². The van der Waals surface area contributed by atoms with Crippen molar-refractivity contribution in [2.75, 3.05) is 19.7 Å². The van der Waals surface area contributed by atoms with E-state index in [9.17, 15) is 0 Å². The van der Waals surface area contributed by atoms with Crippen molar-refractivity contribution in [3.05, 3.63) is 29.8 Å². The molecular formula is C17H26N2OS. The molecule has 0 aliphatic carbocycles. The highest BCUT2D eigenvalue weighted by Gasteiger charge is 2.26. The van der Waals surface area contributed by atoms with Crippen LogP contribution in [0.2, 0.25) is 0 Å². The van der Waals surface area contributed by atoms with E-state index in [2.05, 4.69) is 18.7 Å². The fourth-order valence-corrected chi connectivity index (χ4v) is 3.30. The summed E-state index contributed by atoms with van der Waals surface area (Å²) in [5, 5.41) is 0. The Bertz CT molecular complexity index is 476. The molecule has 2 N–H and O–H groups in total. The van der Waals surface area contributed by atoms with Crippen LogP contribution in [-0.4, -0.2) is 35.6 Å². The lowest BCUT2D eigenvalue weighted by atomic mass is 10.0. The summed E-state index contributed by atoms with van der Waals surface area (Å²) in [5.41, 5.74) is 6.54. The second kappa shape index (κ2) is 7.76. The minimum absolute atomic E-state index is 0.394. The summed E-state index contributed by atoms with van der Waals surface area (Å²) in [7, 11) is 0. The van der Waals surface area contributed by atoms with Gasteiger partial charge in [0.1, 0.15) is 10.7 Å². The van der Waals surface area contributed by atoms with E-state index in [4.69, 9.17) is 22.7 Å². The molecule has 116 valence electrons. The summed E-state index contributed by atoms with van der Waals surface area (Å²) in [6.45, 7) is 7.68. The van der Waals surface area contributed by atoms with Gasteiger partial charge in [-0.25, -0.2) is 0 Å². The second-order valence-corrected chi connectivity index (χ2v) is 6.49. The van der Waals surface area contributed by atoms with E-state index in [1.807, 2.05) is 24.3 Å². The third kappa shape index (κ3) is 4.42. The van der Waals surface area contributed by atoms with Crippen LogP contribution >= 0.6 is 12.2 Å². The van der Waals surface area contributed by atoms with E-state index >= 15 is 0 Å². The highest BCUT2D eigenvalue weighted by atomic mass is 32.1. The first kappa shape index (κ1) is 16.2. The number of nitrogens with two attached hydrogens (primary N) is 1. The summed E-state index contributed by atoms with van der Waals surface area (Å²) in [4.78, 5) is 3.00. The minimum Gasteiger partial charge on any atom is -0.493 e. The average Bonchev–Trinajstić information content (AvgIpc) is 2.92. The number of thiocarbonyl (C=S) groups is 1. The Kier molecular flexibility index (Phi) is 6.00. The molecule has 2 rings (SSSR count). The number of hydrogen-bond donors (Lipinski definition) is 1. The lowest BCUT2D eigenvalue weighted by Gasteiger charge is -2.27. The zero-order valence-corrected chi connectivity index (χ0v) is 13.9. The van der Waals surface area contributed by atoms with Gasteiger partial charge in [-0.05, 0) is 43.9 Å². The Morgan fingerprint density at radius 1 is 1.43 bits per heavy atom. The van der Waals surface area contributed by atoms with Crippen LogP contribution in [0.4, 0.5) is 0 Å². The molecule has 0 radical (unpaired) electrons. The third-order valence-electron chi connectivity index (χ3n) is 4.18. The summed E-state index contributed by atoms with van der Waals surface area (Å²) in [6, 6.07) is 8.47. The number of para-hydroxylation sites is 1. The average molecular weight is 306 g/mol. The first-order valence-corrected chi connectivity index (χ1v) is 8.26. The van der Waals surface area contributed by atoms with Crippen molar-refractivity contribution in [2.45, 2.75) is 39.2 Å². The van der Waals surface area contributed by atoms with Gasteiger partial charge >= 0.3 is 0 Å². The van der Waals surface area contributed by atoms with Crippen molar-refractivity contribution in [3.8, 4) is 5.75 Å². The van der Waals surface area contributed by atoms with E-state index in [0.717, 1.165) is 36.2 Å². The normalized spacial score (nSPS) is 19.1. The van der Waals surface area contributed by atoms with Gasteiger partial charge in [-0.1, -0.05) is 38.2 Å². The molecule has 1 aromatic carbocycles. The standard InChI is InChI=1S/C17H26N2OS/c1-13(2)15-8-5-10-19(15)11-6-12-20-16-9-4-3-7-14(16)17(18)21/h3-4,7,9,13,15H,5-6,8,10-12H2,1-2H3,(H2,18,21). The fraction of sp³-hybridized carbons (Fsp3) is 0.588. The van der Waals surface area contributed by atoms with Crippen LogP contribution in [0.3, 0.4) is 0 Å². The highest BCUT2D eigenvalue weighted by molar-refractivity contribution is 7.80. The molecule has 0 saturated carbocycles. The van der Waals surface area contributed by atoms with E-state index in [0.29, 0.717) is 11.6 Å².